The average Bonchev–Trinajstić information content (AvgIpc) is 3.42. The zero-order valence-corrected chi connectivity index (χ0v) is 54.6. The topological polar surface area (TPSA) is 192 Å². The molecular weight excluding hydrogens is 1060 g/mol. The van der Waals surface area contributed by atoms with Crippen molar-refractivity contribution in [2.75, 3.05) is 13.2 Å². The summed E-state index contributed by atoms with van der Waals surface area (Å²) >= 11 is 0. The standard InChI is InChI=1S/C70H133NO11S/c1-3-5-7-9-11-13-15-17-19-21-23-24-25-26-27-28-29-30-31-32-33-34-35-36-37-38-39-40-42-44-46-48-50-52-54-56-58-60-66(74)71-63(62-80-70-68(76)69(82-83(77,78)79)67(75)65(61-72)81-70)64(73)59-57-55-53-51-49-47-45-43-41-22-20-18-16-14-12-10-8-6-4-2/h27-28,30-31,57,59,63-65,67-70,72-73,75-76H,3-26,29,32-56,58,60-62H2,1-2H3,(H,71,74)(H,77,78,79)/b28-27-,31-30-,59-57+. The van der Waals surface area contributed by atoms with Gasteiger partial charge in [0, 0.05) is 6.42 Å². The van der Waals surface area contributed by atoms with Crippen LogP contribution in [0.5, 0.6) is 0 Å². The van der Waals surface area contributed by atoms with Gasteiger partial charge in [0.05, 0.1) is 25.4 Å². The fourth-order valence-electron chi connectivity index (χ4n) is 11.5. The van der Waals surface area contributed by atoms with Crippen molar-refractivity contribution in [2.45, 2.75) is 391 Å². The largest absolute Gasteiger partial charge is 0.397 e. The number of nitrogens with one attached hydrogen (secondary N) is 1. The van der Waals surface area contributed by atoms with Gasteiger partial charge in [-0.3, -0.25) is 9.35 Å². The molecule has 0 aromatic carbocycles. The second kappa shape index (κ2) is 59.3. The molecule has 1 fully saturated rings. The highest BCUT2D eigenvalue weighted by Gasteiger charge is 2.48. The molecule has 0 aromatic heterocycles. The maximum atomic E-state index is 13.2. The highest BCUT2D eigenvalue weighted by atomic mass is 32.3. The Morgan fingerprint density at radius 3 is 1.14 bits per heavy atom. The Kier molecular flexibility index (Phi) is 56.7. The van der Waals surface area contributed by atoms with E-state index in [1.807, 2.05) is 6.08 Å². The zero-order valence-electron chi connectivity index (χ0n) is 53.8. The van der Waals surface area contributed by atoms with Gasteiger partial charge in [-0.05, 0) is 51.4 Å². The highest BCUT2D eigenvalue weighted by molar-refractivity contribution is 7.80. The minimum atomic E-state index is -5.09. The first-order valence-corrected chi connectivity index (χ1v) is 36.7. The van der Waals surface area contributed by atoms with Crippen LogP contribution in [0.2, 0.25) is 0 Å². The van der Waals surface area contributed by atoms with Crippen LogP contribution < -0.4 is 5.32 Å². The number of unbranched alkanes of at least 4 members (excludes halogenated alkanes) is 47. The maximum Gasteiger partial charge on any atom is 0.397 e. The van der Waals surface area contributed by atoms with Crippen molar-refractivity contribution in [2.24, 2.45) is 0 Å². The van der Waals surface area contributed by atoms with Crippen LogP contribution in [0.25, 0.3) is 0 Å². The summed E-state index contributed by atoms with van der Waals surface area (Å²) in [5, 5.41) is 45.1. The molecule has 12 nitrogen and oxygen atoms in total. The molecule has 0 aliphatic carbocycles. The SMILES string of the molecule is CCCCCCCCCCCCCCC/C=C\C/C=C\CCCCCCCCCCCCCCCCCCCC(=O)NC(COC1OC(CO)C(O)C(OS(=O)(=O)O)C1O)C(O)/C=C/CCCCCCCCCCCCCCCCCCC. The number of carbonyl (C=O) groups is 1. The van der Waals surface area contributed by atoms with Crippen LogP contribution in [0.15, 0.2) is 36.5 Å². The van der Waals surface area contributed by atoms with E-state index in [0.717, 1.165) is 44.9 Å². The summed E-state index contributed by atoms with van der Waals surface area (Å²) in [5.74, 6) is -0.257. The molecule has 1 aliphatic rings. The van der Waals surface area contributed by atoms with E-state index < -0.39 is 59.9 Å². The molecule has 0 radical (unpaired) electrons. The number of allylic oxidation sites excluding steroid dienone is 5. The van der Waals surface area contributed by atoms with E-state index >= 15 is 0 Å². The van der Waals surface area contributed by atoms with Crippen molar-refractivity contribution in [3.63, 3.8) is 0 Å². The number of ether oxygens (including phenoxy) is 2. The van der Waals surface area contributed by atoms with Crippen LogP contribution in [0.1, 0.15) is 348 Å². The number of rotatable bonds is 63. The van der Waals surface area contributed by atoms with Gasteiger partial charge in [-0.1, -0.05) is 326 Å². The molecule has 7 atom stereocenters. The summed E-state index contributed by atoms with van der Waals surface area (Å²) in [6.45, 7) is 3.45. The highest BCUT2D eigenvalue weighted by Crippen LogP contribution is 2.26. The fraction of sp³-hybridized carbons (Fsp3) is 0.900. The monoisotopic (exact) mass is 1200 g/mol. The van der Waals surface area contributed by atoms with Crippen LogP contribution in [0, 0.1) is 0 Å². The third-order valence-corrected chi connectivity index (χ3v) is 17.4. The molecule has 0 aromatic rings. The minimum Gasteiger partial charge on any atom is -0.394 e. The predicted molar refractivity (Wildman–Crippen MR) is 347 cm³/mol. The van der Waals surface area contributed by atoms with Gasteiger partial charge in [0.25, 0.3) is 0 Å². The Hall–Kier alpha value is -1.68. The van der Waals surface area contributed by atoms with Gasteiger partial charge in [-0.25, -0.2) is 4.18 Å². The number of hydrogen-bond donors (Lipinski definition) is 6. The molecule has 1 amide bonds. The van der Waals surface area contributed by atoms with Crippen molar-refractivity contribution >= 4 is 16.3 Å². The van der Waals surface area contributed by atoms with E-state index in [1.165, 1.54) is 276 Å². The molecule has 1 heterocycles. The first-order chi connectivity index (χ1) is 40.5. The molecule has 1 rings (SSSR count). The Balaban J connectivity index is 2.19. The lowest BCUT2D eigenvalue weighted by Crippen LogP contribution is -2.61. The maximum absolute atomic E-state index is 13.2. The molecule has 0 saturated carbocycles. The Morgan fingerprint density at radius 1 is 0.482 bits per heavy atom. The zero-order chi connectivity index (χ0) is 60.4. The molecule has 0 bridgehead atoms. The van der Waals surface area contributed by atoms with Crippen LogP contribution in [-0.4, -0.2) is 95.4 Å². The number of aliphatic hydroxyl groups excluding tert-OH is 4. The summed E-state index contributed by atoms with van der Waals surface area (Å²) in [6.07, 6.45) is 69.4. The number of amides is 1. The van der Waals surface area contributed by atoms with E-state index in [2.05, 4.69) is 47.7 Å². The van der Waals surface area contributed by atoms with Crippen molar-refractivity contribution < 1.29 is 51.8 Å². The molecular formula is C70H133NO11S. The Bertz CT molecular complexity index is 1590. The lowest BCUT2D eigenvalue weighted by atomic mass is 9.99. The molecule has 7 unspecified atom stereocenters. The van der Waals surface area contributed by atoms with Crippen molar-refractivity contribution in [1.82, 2.24) is 5.32 Å². The second-order valence-electron chi connectivity index (χ2n) is 24.8. The Labute approximate surface area is 511 Å². The van der Waals surface area contributed by atoms with E-state index in [4.69, 9.17) is 9.47 Å². The summed E-state index contributed by atoms with van der Waals surface area (Å²) < 4.78 is 48.0. The number of carbonyl (C=O) groups excluding carboxylic acids is 1. The van der Waals surface area contributed by atoms with Gasteiger partial charge in [0.2, 0.25) is 5.91 Å². The van der Waals surface area contributed by atoms with E-state index in [0.29, 0.717) is 6.42 Å². The third-order valence-electron chi connectivity index (χ3n) is 16.9. The summed E-state index contributed by atoms with van der Waals surface area (Å²) in [5.41, 5.74) is 0. The molecule has 490 valence electrons. The summed E-state index contributed by atoms with van der Waals surface area (Å²) in [4.78, 5) is 13.2. The van der Waals surface area contributed by atoms with Gasteiger partial charge in [0.15, 0.2) is 6.29 Å². The smallest absolute Gasteiger partial charge is 0.394 e. The number of hydrogen-bond acceptors (Lipinski definition) is 10. The normalized spacial score (nSPS) is 18.6. The van der Waals surface area contributed by atoms with Crippen LogP contribution in [0.3, 0.4) is 0 Å². The predicted octanol–water partition coefficient (Wildman–Crippen LogP) is 18.5. The minimum absolute atomic E-state index is 0.257. The van der Waals surface area contributed by atoms with Crippen LogP contribution in [0.4, 0.5) is 0 Å². The van der Waals surface area contributed by atoms with Crippen molar-refractivity contribution in [1.29, 1.82) is 0 Å². The van der Waals surface area contributed by atoms with Gasteiger partial charge in [0.1, 0.15) is 24.4 Å². The van der Waals surface area contributed by atoms with E-state index in [1.54, 1.807) is 6.08 Å². The first-order valence-electron chi connectivity index (χ1n) is 35.4. The van der Waals surface area contributed by atoms with Crippen molar-refractivity contribution in [3.8, 4) is 0 Å². The fourth-order valence-corrected chi connectivity index (χ4v) is 12.0. The molecule has 0 spiro atoms. The lowest BCUT2D eigenvalue weighted by molar-refractivity contribution is -0.298. The summed E-state index contributed by atoms with van der Waals surface area (Å²) in [6, 6.07) is -0.945. The van der Waals surface area contributed by atoms with Gasteiger partial charge >= 0.3 is 10.4 Å². The van der Waals surface area contributed by atoms with E-state index in [9.17, 15) is 38.2 Å². The molecule has 6 N–H and O–H groups in total. The Morgan fingerprint density at radius 2 is 0.807 bits per heavy atom. The third kappa shape index (κ3) is 51.0. The molecule has 1 saturated heterocycles. The van der Waals surface area contributed by atoms with Crippen LogP contribution >= 0.6 is 0 Å². The number of aliphatic hydroxyl groups is 4. The lowest BCUT2D eigenvalue weighted by Gasteiger charge is -2.41. The summed E-state index contributed by atoms with van der Waals surface area (Å²) in [7, 11) is -5.09. The molecule has 83 heavy (non-hydrogen) atoms. The van der Waals surface area contributed by atoms with Crippen LogP contribution in [-0.2, 0) is 28.9 Å². The second-order valence-corrected chi connectivity index (χ2v) is 25.9. The van der Waals surface area contributed by atoms with Gasteiger partial charge in [-0.15, -0.1) is 0 Å². The molecule has 13 heteroatoms. The average molecular weight is 1200 g/mol. The van der Waals surface area contributed by atoms with E-state index in [-0.39, 0.29) is 18.9 Å². The quantitative estimate of drug-likeness (QED) is 0.0193. The van der Waals surface area contributed by atoms with Crippen molar-refractivity contribution in [3.05, 3.63) is 36.5 Å². The first kappa shape index (κ1) is 79.3. The van der Waals surface area contributed by atoms with Gasteiger partial charge < -0.3 is 35.2 Å². The van der Waals surface area contributed by atoms with Gasteiger partial charge in [-0.2, -0.15) is 8.42 Å². The molecule has 1 aliphatic heterocycles.